The number of H-pyrrole nitrogens is 1. The van der Waals surface area contributed by atoms with E-state index in [0.29, 0.717) is 25.0 Å². The molecule has 0 spiro atoms. The average molecular weight is 512 g/mol. The number of hydrogen-bond donors (Lipinski definition) is 3. The molecule has 194 valence electrons. The molecule has 4 rings (SSSR count). The SMILES string of the molecule is Cc1ccc(CN(C)C2=NC(CN(Cc3cc[nH]c3C)C3=NC(C)N=C(N)N3)N=C(N(C)C)N2C)s1. The van der Waals surface area contributed by atoms with Gasteiger partial charge in [0.1, 0.15) is 6.17 Å². The van der Waals surface area contributed by atoms with Gasteiger partial charge in [0.2, 0.25) is 17.9 Å². The predicted octanol–water partition coefficient (Wildman–Crippen LogP) is 1.79. The summed E-state index contributed by atoms with van der Waals surface area (Å²) in [5, 5.41) is 3.15. The van der Waals surface area contributed by atoms with Gasteiger partial charge in [-0.15, -0.1) is 11.3 Å². The first kappa shape index (κ1) is 25.5. The fraction of sp³-hybridized carbons (Fsp3) is 0.500. The van der Waals surface area contributed by atoms with Crippen molar-refractivity contribution < 1.29 is 0 Å². The van der Waals surface area contributed by atoms with Gasteiger partial charge in [-0.25, -0.2) is 20.0 Å². The zero-order chi connectivity index (χ0) is 26.0. The summed E-state index contributed by atoms with van der Waals surface area (Å²) in [6.07, 6.45) is 1.36. The Bertz CT molecular complexity index is 1190. The van der Waals surface area contributed by atoms with Crippen molar-refractivity contribution in [1.82, 2.24) is 29.9 Å². The topological polar surface area (TPSA) is 116 Å². The fourth-order valence-electron chi connectivity index (χ4n) is 4.32. The highest BCUT2D eigenvalue weighted by molar-refractivity contribution is 7.11. The van der Waals surface area contributed by atoms with Crippen LogP contribution in [0.5, 0.6) is 0 Å². The Balaban J connectivity index is 1.63. The summed E-state index contributed by atoms with van der Waals surface area (Å²) in [6, 6.07) is 6.42. The molecule has 0 aromatic carbocycles. The minimum Gasteiger partial charge on any atom is -0.370 e. The van der Waals surface area contributed by atoms with Crippen LogP contribution >= 0.6 is 11.3 Å². The summed E-state index contributed by atoms with van der Waals surface area (Å²) in [6.45, 7) is 8.05. The van der Waals surface area contributed by atoms with Gasteiger partial charge in [0.15, 0.2) is 12.1 Å². The van der Waals surface area contributed by atoms with E-state index in [9.17, 15) is 0 Å². The number of thiophene rings is 1. The van der Waals surface area contributed by atoms with Crippen molar-refractivity contribution >= 4 is 35.2 Å². The van der Waals surface area contributed by atoms with Gasteiger partial charge in [-0.1, -0.05) is 0 Å². The minimum absolute atomic E-state index is 0.256. The van der Waals surface area contributed by atoms with E-state index in [0.717, 1.165) is 24.2 Å². The predicted molar refractivity (Wildman–Crippen MR) is 148 cm³/mol. The van der Waals surface area contributed by atoms with Crippen LogP contribution in [0.3, 0.4) is 0 Å². The largest absolute Gasteiger partial charge is 0.370 e. The highest BCUT2D eigenvalue weighted by Gasteiger charge is 2.29. The van der Waals surface area contributed by atoms with Crippen LogP contribution in [0.2, 0.25) is 0 Å². The van der Waals surface area contributed by atoms with Gasteiger partial charge < -0.3 is 25.4 Å². The van der Waals surface area contributed by atoms with Gasteiger partial charge >= 0.3 is 0 Å². The maximum atomic E-state index is 6.06. The molecular weight excluding hydrogens is 474 g/mol. The quantitative estimate of drug-likeness (QED) is 0.545. The lowest BCUT2D eigenvalue weighted by Gasteiger charge is -2.37. The number of aromatic nitrogens is 1. The highest BCUT2D eigenvalue weighted by atomic mass is 32.1. The van der Waals surface area contributed by atoms with Crippen molar-refractivity contribution in [1.29, 1.82) is 0 Å². The van der Waals surface area contributed by atoms with Gasteiger partial charge in [0.05, 0.1) is 13.1 Å². The van der Waals surface area contributed by atoms with Crippen LogP contribution in [-0.2, 0) is 13.1 Å². The van der Waals surface area contributed by atoms with Gasteiger partial charge in [-0.2, -0.15) is 0 Å². The van der Waals surface area contributed by atoms with E-state index in [1.165, 1.54) is 15.3 Å². The summed E-state index contributed by atoms with van der Waals surface area (Å²) in [5.74, 6) is 2.76. The molecule has 0 fully saturated rings. The molecule has 0 aliphatic carbocycles. The molecule has 4 N–H and O–H groups in total. The van der Waals surface area contributed by atoms with E-state index in [1.54, 1.807) is 0 Å². The molecule has 11 nitrogen and oxygen atoms in total. The molecule has 2 aromatic heterocycles. The van der Waals surface area contributed by atoms with Crippen LogP contribution in [0.1, 0.15) is 27.9 Å². The number of hydrogen-bond acceptors (Lipinski definition) is 11. The standard InChI is InChI=1S/C24H37N11S/c1-15-8-9-19(36-15)13-33(6)24-30-20(29-23(32(4)5)34(24)7)14-35(12-18-10-11-26-16(18)2)22-28-17(3)27-21(25)31-22/h8-11,17,20,26H,12-14H2,1-7H3,(H3,25,27,28,31). The third-order valence-electron chi connectivity index (χ3n) is 6.04. The maximum Gasteiger partial charge on any atom is 0.205 e. The number of nitrogens with two attached hydrogens (primary N) is 1. The van der Waals surface area contributed by atoms with E-state index in [1.807, 2.05) is 55.4 Å². The van der Waals surface area contributed by atoms with E-state index in [4.69, 9.17) is 20.7 Å². The molecule has 36 heavy (non-hydrogen) atoms. The first-order chi connectivity index (χ1) is 17.1. The molecule has 2 aromatic rings. The van der Waals surface area contributed by atoms with Crippen molar-refractivity contribution in [3.05, 3.63) is 45.4 Å². The summed E-state index contributed by atoms with van der Waals surface area (Å²) in [7, 11) is 8.10. The zero-order valence-corrected chi connectivity index (χ0v) is 23.0. The average Bonchev–Trinajstić information content (AvgIpc) is 3.40. The van der Waals surface area contributed by atoms with Crippen molar-refractivity contribution in [2.75, 3.05) is 34.7 Å². The number of aryl methyl sites for hydroxylation is 2. The number of nitrogens with one attached hydrogen (secondary N) is 2. The third kappa shape index (κ3) is 5.81. The van der Waals surface area contributed by atoms with Crippen LogP contribution in [0, 0.1) is 13.8 Å². The first-order valence-corrected chi connectivity index (χ1v) is 12.8. The molecule has 0 saturated heterocycles. The summed E-state index contributed by atoms with van der Waals surface area (Å²) >= 11 is 1.81. The fourth-order valence-corrected chi connectivity index (χ4v) is 5.26. The number of aliphatic imine (C=N–C) groups is 4. The lowest BCUT2D eigenvalue weighted by atomic mass is 10.2. The van der Waals surface area contributed by atoms with Gasteiger partial charge in [-0.3, -0.25) is 10.2 Å². The van der Waals surface area contributed by atoms with Crippen molar-refractivity contribution in [3.8, 4) is 0 Å². The Labute approximate surface area is 217 Å². The number of nitrogens with zero attached hydrogens (tertiary/aromatic N) is 8. The maximum absolute atomic E-state index is 6.06. The molecule has 2 aliphatic heterocycles. The summed E-state index contributed by atoms with van der Waals surface area (Å²) < 4.78 is 0. The second-order valence-corrected chi connectivity index (χ2v) is 10.8. The second kappa shape index (κ2) is 10.6. The van der Waals surface area contributed by atoms with Crippen molar-refractivity contribution in [2.45, 2.75) is 46.2 Å². The normalized spacial score (nSPS) is 19.7. The van der Waals surface area contributed by atoms with E-state index in [2.05, 4.69) is 64.2 Å². The van der Waals surface area contributed by atoms with Crippen LogP contribution in [-0.4, -0.2) is 95.5 Å². The molecule has 2 unspecified atom stereocenters. The van der Waals surface area contributed by atoms with Gasteiger partial charge in [0, 0.05) is 56.4 Å². The number of rotatable bonds is 6. The van der Waals surface area contributed by atoms with Crippen molar-refractivity contribution in [3.63, 3.8) is 0 Å². The van der Waals surface area contributed by atoms with Gasteiger partial charge in [0.25, 0.3) is 0 Å². The molecule has 0 amide bonds. The van der Waals surface area contributed by atoms with E-state index in [-0.39, 0.29) is 12.3 Å². The number of guanidine groups is 4. The molecule has 12 heteroatoms. The van der Waals surface area contributed by atoms with E-state index < -0.39 is 0 Å². The van der Waals surface area contributed by atoms with Crippen molar-refractivity contribution in [2.24, 2.45) is 25.7 Å². The summed E-state index contributed by atoms with van der Waals surface area (Å²) in [4.78, 5) is 33.3. The molecule has 0 bridgehead atoms. The molecule has 0 radical (unpaired) electrons. The Morgan fingerprint density at radius 3 is 2.39 bits per heavy atom. The zero-order valence-electron chi connectivity index (χ0n) is 22.1. The third-order valence-corrected chi connectivity index (χ3v) is 7.03. The smallest absolute Gasteiger partial charge is 0.205 e. The molecular formula is C24H37N11S. The second-order valence-electron chi connectivity index (χ2n) is 9.39. The lowest BCUT2D eigenvalue weighted by molar-refractivity contribution is 0.347. The van der Waals surface area contributed by atoms with Crippen LogP contribution in [0.15, 0.2) is 44.4 Å². The minimum atomic E-state index is -0.333. The van der Waals surface area contributed by atoms with E-state index >= 15 is 0 Å². The molecule has 0 saturated carbocycles. The number of aromatic amines is 1. The monoisotopic (exact) mass is 511 g/mol. The van der Waals surface area contributed by atoms with Gasteiger partial charge in [-0.05, 0) is 44.5 Å². The van der Waals surface area contributed by atoms with Crippen LogP contribution in [0.4, 0.5) is 0 Å². The molecule has 4 heterocycles. The van der Waals surface area contributed by atoms with Crippen LogP contribution < -0.4 is 11.1 Å². The lowest BCUT2D eigenvalue weighted by Crippen LogP contribution is -2.54. The summed E-state index contributed by atoms with van der Waals surface area (Å²) in [5.41, 5.74) is 8.34. The molecule has 2 atom stereocenters. The highest BCUT2D eigenvalue weighted by Crippen LogP contribution is 2.20. The Morgan fingerprint density at radius 2 is 1.78 bits per heavy atom. The first-order valence-electron chi connectivity index (χ1n) is 12.0. The Hall–Kier alpha value is -3.54. The Kier molecular flexibility index (Phi) is 7.53. The Morgan fingerprint density at radius 1 is 1.03 bits per heavy atom. The van der Waals surface area contributed by atoms with Crippen LogP contribution in [0.25, 0.3) is 0 Å². The molecule has 2 aliphatic rings.